The van der Waals surface area contributed by atoms with Crippen LogP contribution in [0, 0.1) is 19.8 Å². The molecule has 2 rings (SSSR count). The molecule has 2 heterocycles. The van der Waals surface area contributed by atoms with Gasteiger partial charge in [-0.15, -0.1) is 0 Å². The molecular formula is C17H28N4O2. The first-order chi connectivity index (χ1) is 11.1. The second-order valence-corrected chi connectivity index (χ2v) is 6.22. The Kier molecular flexibility index (Phi) is 6.80. The van der Waals surface area contributed by atoms with Crippen LogP contribution in [0.1, 0.15) is 24.2 Å². The average molecular weight is 320 g/mol. The zero-order chi connectivity index (χ0) is 16.7. The van der Waals surface area contributed by atoms with Crippen molar-refractivity contribution in [3.63, 3.8) is 0 Å². The Bertz CT molecular complexity index is 521. The molecule has 0 spiro atoms. The van der Waals surface area contributed by atoms with Gasteiger partial charge >= 0.3 is 6.03 Å². The SMILES string of the molecule is COCCCN1CC[C@@H](CNC(=O)Nc2ccc(C)nc2C)C1. The van der Waals surface area contributed by atoms with Crippen LogP contribution in [0.25, 0.3) is 0 Å². The Hall–Kier alpha value is -1.66. The predicted octanol–water partition coefficient (Wildman–Crippen LogP) is 2.18. The van der Waals surface area contributed by atoms with Crippen molar-refractivity contribution in [3.05, 3.63) is 23.5 Å². The van der Waals surface area contributed by atoms with E-state index in [0.717, 1.165) is 56.2 Å². The lowest BCUT2D eigenvalue weighted by Gasteiger charge is -2.16. The maximum absolute atomic E-state index is 12.0. The molecule has 6 heteroatoms. The molecule has 2 amide bonds. The summed E-state index contributed by atoms with van der Waals surface area (Å²) < 4.78 is 5.08. The molecular weight excluding hydrogens is 292 g/mol. The summed E-state index contributed by atoms with van der Waals surface area (Å²) in [5.74, 6) is 0.528. The summed E-state index contributed by atoms with van der Waals surface area (Å²) in [5.41, 5.74) is 2.55. The normalized spacial score (nSPS) is 18.1. The highest BCUT2D eigenvalue weighted by atomic mass is 16.5. The van der Waals surface area contributed by atoms with E-state index in [2.05, 4.69) is 20.5 Å². The summed E-state index contributed by atoms with van der Waals surface area (Å²) in [6.07, 6.45) is 2.20. The average Bonchev–Trinajstić information content (AvgIpc) is 2.96. The van der Waals surface area contributed by atoms with Crippen molar-refractivity contribution >= 4 is 11.7 Å². The third-order valence-electron chi connectivity index (χ3n) is 4.22. The van der Waals surface area contributed by atoms with Crippen LogP contribution in [0.4, 0.5) is 10.5 Å². The first kappa shape index (κ1) is 17.7. The number of methoxy groups -OCH3 is 1. The highest BCUT2D eigenvalue weighted by Gasteiger charge is 2.22. The van der Waals surface area contributed by atoms with Gasteiger partial charge < -0.3 is 20.3 Å². The first-order valence-corrected chi connectivity index (χ1v) is 8.29. The van der Waals surface area contributed by atoms with Crippen LogP contribution >= 0.6 is 0 Å². The van der Waals surface area contributed by atoms with E-state index in [9.17, 15) is 4.79 Å². The number of pyridine rings is 1. The molecule has 0 aromatic carbocycles. The van der Waals surface area contributed by atoms with Crippen molar-refractivity contribution in [1.29, 1.82) is 0 Å². The topological polar surface area (TPSA) is 66.5 Å². The van der Waals surface area contributed by atoms with E-state index in [-0.39, 0.29) is 6.03 Å². The van der Waals surface area contributed by atoms with Gasteiger partial charge in [0.1, 0.15) is 0 Å². The molecule has 1 aromatic heterocycles. The highest BCUT2D eigenvalue weighted by molar-refractivity contribution is 5.89. The largest absolute Gasteiger partial charge is 0.385 e. The van der Waals surface area contributed by atoms with Gasteiger partial charge in [0.2, 0.25) is 0 Å². The zero-order valence-electron chi connectivity index (χ0n) is 14.4. The number of nitrogens with one attached hydrogen (secondary N) is 2. The maximum atomic E-state index is 12.0. The van der Waals surface area contributed by atoms with Gasteiger partial charge in [0.25, 0.3) is 0 Å². The Labute approximate surface area is 138 Å². The number of aromatic nitrogens is 1. The van der Waals surface area contributed by atoms with Crippen molar-refractivity contribution in [2.75, 3.05) is 45.2 Å². The lowest BCUT2D eigenvalue weighted by molar-refractivity contribution is 0.178. The van der Waals surface area contributed by atoms with Gasteiger partial charge in [0.05, 0.1) is 11.4 Å². The fraction of sp³-hybridized carbons (Fsp3) is 0.647. The summed E-state index contributed by atoms with van der Waals surface area (Å²) in [6.45, 7) is 8.60. The Morgan fingerprint density at radius 2 is 2.26 bits per heavy atom. The number of hydrogen-bond acceptors (Lipinski definition) is 4. The second-order valence-electron chi connectivity index (χ2n) is 6.22. The molecule has 0 saturated carbocycles. The second kappa shape index (κ2) is 8.84. The number of likely N-dealkylation sites (tertiary alicyclic amines) is 1. The molecule has 1 atom stereocenters. The molecule has 1 aromatic rings. The zero-order valence-corrected chi connectivity index (χ0v) is 14.4. The number of carbonyl (C=O) groups is 1. The van der Waals surface area contributed by atoms with Crippen LogP contribution in [-0.2, 0) is 4.74 Å². The molecule has 128 valence electrons. The predicted molar refractivity (Wildman–Crippen MR) is 91.8 cm³/mol. The quantitative estimate of drug-likeness (QED) is 0.756. The smallest absolute Gasteiger partial charge is 0.319 e. The highest BCUT2D eigenvalue weighted by Crippen LogP contribution is 2.16. The van der Waals surface area contributed by atoms with Gasteiger partial charge in [0.15, 0.2) is 0 Å². The third kappa shape index (κ3) is 5.80. The van der Waals surface area contributed by atoms with Crippen molar-refractivity contribution in [2.45, 2.75) is 26.7 Å². The molecule has 1 saturated heterocycles. The van der Waals surface area contributed by atoms with Gasteiger partial charge in [0, 0.05) is 39.0 Å². The van der Waals surface area contributed by atoms with E-state index in [0.29, 0.717) is 12.5 Å². The number of amides is 2. The fourth-order valence-electron chi connectivity index (χ4n) is 2.94. The molecule has 1 fully saturated rings. The van der Waals surface area contributed by atoms with Gasteiger partial charge in [-0.2, -0.15) is 0 Å². The Morgan fingerprint density at radius 1 is 1.43 bits per heavy atom. The van der Waals surface area contributed by atoms with Crippen molar-refractivity contribution in [1.82, 2.24) is 15.2 Å². The Morgan fingerprint density at radius 3 is 3.00 bits per heavy atom. The minimum Gasteiger partial charge on any atom is -0.385 e. The molecule has 1 aliphatic rings. The molecule has 0 aliphatic carbocycles. The van der Waals surface area contributed by atoms with Gasteiger partial charge in [-0.25, -0.2) is 4.79 Å². The van der Waals surface area contributed by atoms with Crippen LogP contribution in [0.15, 0.2) is 12.1 Å². The summed E-state index contributed by atoms with van der Waals surface area (Å²) in [7, 11) is 1.74. The van der Waals surface area contributed by atoms with Gasteiger partial charge in [-0.1, -0.05) is 0 Å². The minimum absolute atomic E-state index is 0.156. The number of carbonyl (C=O) groups excluding carboxylic acids is 1. The number of aryl methyl sites for hydroxylation is 2. The molecule has 0 unspecified atom stereocenters. The van der Waals surface area contributed by atoms with E-state index in [1.807, 2.05) is 26.0 Å². The van der Waals surface area contributed by atoms with Gasteiger partial charge in [-0.3, -0.25) is 4.98 Å². The van der Waals surface area contributed by atoms with Gasteiger partial charge in [-0.05, 0) is 51.3 Å². The fourth-order valence-corrected chi connectivity index (χ4v) is 2.94. The number of nitrogens with zero attached hydrogens (tertiary/aromatic N) is 2. The van der Waals surface area contributed by atoms with E-state index >= 15 is 0 Å². The van der Waals surface area contributed by atoms with E-state index in [4.69, 9.17) is 4.74 Å². The van der Waals surface area contributed by atoms with Crippen LogP contribution in [0.2, 0.25) is 0 Å². The monoisotopic (exact) mass is 320 g/mol. The summed E-state index contributed by atoms with van der Waals surface area (Å²) in [6, 6.07) is 3.64. The number of ether oxygens (including phenoxy) is 1. The number of anilines is 1. The number of hydrogen-bond donors (Lipinski definition) is 2. The van der Waals surface area contributed by atoms with E-state index < -0.39 is 0 Å². The van der Waals surface area contributed by atoms with Crippen LogP contribution in [0.5, 0.6) is 0 Å². The number of rotatable bonds is 7. The van der Waals surface area contributed by atoms with Crippen molar-refractivity contribution in [3.8, 4) is 0 Å². The number of urea groups is 1. The third-order valence-corrected chi connectivity index (χ3v) is 4.22. The van der Waals surface area contributed by atoms with Crippen molar-refractivity contribution < 1.29 is 9.53 Å². The first-order valence-electron chi connectivity index (χ1n) is 8.29. The van der Waals surface area contributed by atoms with Crippen LogP contribution < -0.4 is 10.6 Å². The lowest BCUT2D eigenvalue weighted by atomic mass is 10.1. The summed E-state index contributed by atoms with van der Waals surface area (Å²) >= 11 is 0. The molecule has 23 heavy (non-hydrogen) atoms. The molecule has 2 N–H and O–H groups in total. The molecule has 1 aliphatic heterocycles. The van der Waals surface area contributed by atoms with Crippen molar-refractivity contribution in [2.24, 2.45) is 5.92 Å². The standard InChI is InChI=1S/C17H28N4O2/c1-13-5-6-16(14(2)19-13)20-17(22)18-11-15-7-9-21(12-15)8-4-10-23-3/h5-6,15H,4,7-12H2,1-3H3,(H2,18,20,22)/t15-/m0/s1. The maximum Gasteiger partial charge on any atom is 0.319 e. The molecule has 6 nitrogen and oxygen atoms in total. The van der Waals surface area contributed by atoms with E-state index in [1.165, 1.54) is 0 Å². The summed E-state index contributed by atoms with van der Waals surface area (Å²) in [4.78, 5) is 18.8. The summed E-state index contributed by atoms with van der Waals surface area (Å²) in [5, 5.41) is 5.85. The van der Waals surface area contributed by atoms with Crippen LogP contribution in [-0.4, -0.2) is 55.8 Å². The lowest BCUT2D eigenvalue weighted by Crippen LogP contribution is -2.34. The molecule has 0 radical (unpaired) electrons. The molecule has 0 bridgehead atoms. The Balaban J connectivity index is 1.69. The van der Waals surface area contributed by atoms with E-state index in [1.54, 1.807) is 7.11 Å². The minimum atomic E-state index is -0.156. The van der Waals surface area contributed by atoms with Crippen LogP contribution in [0.3, 0.4) is 0 Å².